The Morgan fingerprint density at radius 1 is 1.29 bits per heavy atom. The first-order valence-corrected chi connectivity index (χ1v) is 5.56. The number of hydrogen-bond donors (Lipinski definition) is 2. The van der Waals surface area contributed by atoms with Crippen molar-refractivity contribution in [2.24, 2.45) is 5.73 Å². The number of benzene rings is 1. The van der Waals surface area contributed by atoms with Crippen LogP contribution in [-0.2, 0) is 6.42 Å². The molecule has 0 saturated carbocycles. The van der Waals surface area contributed by atoms with Crippen LogP contribution in [0.3, 0.4) is 0 Å². The first kappa shape index (κ1) is 10.0. The van der Waals surface area contributed by atoms with Crippen molar-refractivity contribution < 1.29 is 0 Å². The molecule has 86 valence electrons. The van der Waals surface area contributed by atoms with Crippen molar-refractivity contribution in [2.75, 3.05) is 6.54 Å². The van der Waals surface area contributed by atoms with Gasteiger partial charge in [-0.3, -0.25) is 4.57 Å². The lowest BCUT2D eigenvalue weighted by molar-refractivity contribution is 0.814. The molecule has 17 heavy (non-hydrogen) atoms. The lowest BCUT2D eigenvalue weighted by Crippen LogP contribution is -2.09. The number of aromatic amines is 1. The van der Waals surface area contributed by atoms with E-state index in [1.165, 1.54) is 0 Å². The Balaban J connectivity index is 2.10. The van der Waals surface area contributed by atoms with E-state index in [-0.39, 0.29) is 0 Å². The maximum atomic E-state index is 5.56. The molecule has 0 spiro atoms. The van der Waals surface area contributed by atoms with Gasteiger partial charge in [-0.2, -0.15) is 0 Å². The molecule has 2 aromatic heterocycles. The molecule has 1 aromatic carbocycles. The summed E-state index contributed by atoms with van der Waals surface area (Å²) in [5, 5.41) is 0. The lowest BCUT2D eigenvalue weighted by atomic mass is 10.3. The molecule has 2 heterocycles. The van der Waals surface area contributed by atoms with Gasteiger partial charge in [0.1, 0.15) is 5.82 Å². The van der Waals surface area contributed by atoms with Gasteiger partial charge in [-0.25, -0.2) is 9.97 Å². The molecule has 0 aliphatic carbocycles. The molecule has 5 heteroatoms. The average molecular weight is 227 g/mol. The number of imidazole rings is 2. The van der Waals surface area contributed by atoms with E-state index < -0.39 is 0 Å². The zero-order chi connectivity index (χ0) is 11.7. The van der Waals surface area contributed by atoms with E-state index in [2.05, 4.69) is 15.0 Å². The van der Waals surface area contributed by atoms with Gasteiger partial charge in [-0.1, -0.05) is 12.1 Å². The highest BCUT2D eigenvalue weighted by Gasteiger charge is 2.08. The highest BCUT2D eigenvalue weighted by Crippen LogP contribution is 2.14. The molecular weight excluding hydrogens is 214 g/mol. The van der Waals surface area contributed by atoms with Crippen LogP contribution in [0.1, 0.15) is 5.82 Å². The minimum Gasteiger partial charge on any atom is -0.330 e. The van der Waals surface area contributed by atoms with Crippen LogP contribution in [0.15, 0.2) is 36.7 Å². The Labute approximate surface area is 98.3 Å². The molecule has 3 rings (SSSR count). The Hall–Kier alpha value is -2.14. The fourth-order valence-electron chi connectivity index (χ4n) is 1.89. The van der Waals surface area contributed by atoms with E-state index in [9.17, 15) is 0 Å². The van der Waals surface area contributed by atoms with Crippen LogP contribution >= 0.6 is 0 Å². The summed E-state index contributed by atoms with van der Waals surface area (Å²) in [5.41, 5.74) is 7.53. The Bertz CT molecular complexity index is 604. The molecule has 0 amide bonds. The SMILES string of the molecule is NCCc1nccn1-c1nc2ccccc2[nH]1. The molecule has 0 bridgehead atoms. The number of nitrogens with one attached hydrogen (secondary N) is 1. The molecule has 0 unspecified atom stereocenters. The Morgan fingerprint density at radius 2 is 2.18 bits per heavy atom. The van der Waals surface area contributed by atoms with E-state index in [4.69, 9.17) is 5.73 Å². The van der Waals surface area contributed by atoms with Crippen LogP contribution in [0.2, 0.25) is 0 Å². The van der Waals surface area contributed by atoms with Crippen LogP contribution in [0.25, 0.3) is 17.0 Å². The van der Waals surface area contributed by atoms with E-state index in [0.717, 1.165) is 29.2 Å². The largest absolute Gasteiger partial charge is 0.330 e. The summed E-state index contributed by atoms with van der Waals surface area (Å²) in [7, 11) is 0. The van der Waals surface area contributed by atoms with E-state index in [0.29, 0.717) is 6.54 Å². The highest BCUT2D eigenvalue weighted by molar-refractivity contribution is 5.75. The Morgan fingerprint density at radius 3 is 3.00 bits per heavy atom. The van der Waals surface area contributed by atoms with Crippen molar-refractivity contribution in [3.8, 4) is 5.95 Å². The van der Waals surface area contributed by atoms with Crippen LogP contribution in [-0.4, -0.2) is 26.1 Å². The maximum absolute atomic E-state index is 5.56. The molecule has 5 nitrogen and oxygen atoms in total. The second-order valence-electron chi connectivity index (χ2n) is 3.83. The van der Waals surface area contributed by atoms with Crippen molar-refractivity contribution in [3.05, 3.63) is 42.5 Å². The second-order valence-corrected chi connectivity index (χ2v) is 3.83. The summed E-state index contributed by atoms with van der Waals surface area (Å²) < 4.78 is 1.94. The predicted molar refractivity (Wildman–Crippen MR) is 66.0 cm³/mol. The molecule has 0 atom stereocenters. The van der Waals surface area contributed by atoms with Crippen molar-refractivity contribution in [2.45, 2.75) is 6.42 Å². The molecule has 0 fully saturated rings. The fraction of sp³-hybridized carbons (Fsp3) is 0.167. The van der Waals surface area contributed by atoms with Gasteiger partial charge in [-0.15, -0.1) is 0 Å². The molecule has 3 N–H and O–H groups in total. The third kappa shape index (κ3) is 1.70. The number of para-hydroxylation sites is 2. The quantitative estimate of drug-likeness (QED) is 0.707. The van der Waals surface area contributed by atoms with Gasteiger partial charge < -0.3 is 10.7 Å². The summed E-state index contributed by atoms with van der Waals surface area (Å²) in [5.74, 6) is 1.71. The van der Waals surface area contributed by atoms with Crippen molar-refractivity contribution in [1.29, 1.82) is 0 Å². The van der Waals surface area contributed by atoms with Gasteiger partial charge in [-0.05, 0) is 18.7 Å². The minimum atomic E-state index is 0.581. The summed E-state index contributed by atoms with van der Waals surface area (Å²) in [4.78, 5) is 12.1. The smallest absolute Gasteiger partial charge is 0.213 e. The number of nitrogens with two attached hydrogens (primary N) is 1. The van der Waals surface area contributed by atoms with Gasteiger partial charge in [0, 0.05) is 18.8 Å². The van der Waals surface area contributed by atoms with Crippen molar-refractivity contribution in [3.63, 3.8) is 0 Å². The molecule has 0 aliphatic heterocycles. The minimum absolute atomic E-state index is 0.581. The summed E-state index contributed by atoms with van der Waals surface area (Å²) >= 11 is 0. The van der Waals surface area contributed by atoms with E-state index in [1.54, 1.807) is 6.20 Å². The highest BCUT2D eigenvalue weighted by atomic mass is 15.2. The molecule has 0 aliphatic rings. The van der Waals surface area contributed by atoms with Gasteiger partial charge in [0.2, 0.25) is 5.95 Å². The van der Waals surface area contributed by atoms with Gasteiger partial charge in [0.05, 0.1) is 11.0 Å². The normalized spacial score (nSPS) is 11.1. The number of aromatic nitrogens is 4. The molecular formula is C12H13N5. The van der Waals surface area contributed by atoms with Crippen LogP contribution in [0, 0.1) is 0 Å². The standard InChI is InChI=1S/C12H13N5/c13-6-5-11-14-7-8-17(11)12-15-9-3-1-2-4-10(9)16-12/h1-4,7-8H,5-6,13H2,(H,15,16). The number of nitrogens with zero attached hydrogens (tertiary/aromatic N) is 3. The second kappa shape index (κ2) is 4.03. The number of hydrogen-bond acceptors (Lipinski definition) is 3. The van der Waals surface area contributed by atoms with Crippen molar-refractivity contribution >= 4 is 11.0 Å². The first-order chi connectivity index (χ1) is 8.38. The van der Waals surface area contributed by atoms with Gasteiger partial charge in [0.25, 0.3) is 0 Å². The lowest BCUT2D eigenvalue weighted by Gasteiger charge is -2.01. The van der Waals surface area contributed by atoms with E-state index in [1.807, 2.05) is 35.0 Å². The van der Waals surface area contributed by atoms with Gasteiger partial charge in [0.15, 0.2) is 0 Å². The van der Waals surface area contributed by atoms with Crippen LogP contribution < -0.4 is 5.73 Å². The Kier molecular flexibility index (Phi) is 2.38. The number of fused-ring (bicyclic) bond motifs is 1. The fourth-order valence-corrected chi connectivity index (χ4v) is 1.89. The van der Waals surface area contributed by atoms with E-state index >= 15 is 0 Å². The summed E-state index contributed by atoms with van der Waals surface area (Å²) in [6.45, 7) is 0.581. The summed E-state index contributed by atoms with van der Waals surface area (Å²) in [6, 6.07) is 7.95. The van der Waals surface area contributed by atoms with Crippen LogP contribution in [0.5, 0.6) is 0 Å². The monoisotopic (exact) mass is 227 g/mol. The van der Waals surface area contributed by atoms with Crippen LogP contribution in [0.4, 0.5) is 0 Å². The number of H-pyrrole nitrogens is 1. The zero-order valence-corrected chi connectivity index (χ0v) is 9.30. The summed E-state index contributed by atoms with van der Waals surface area (Å²) in [6.07, 6.45) is 4.39. The molecule has 0 saturated heterocycles. The maximum Gasteiger partial charge on any atom is 0.213 e. The molecule has 0 radical (unpaired) electrons. The molecule has 3 aromatic rings. The first-order valence-electron chi connectivity index (χ1n) is 5.56. The topological polar surface area (TPSA) is 72.5 Å². The third-order valence-electron chi connectivity index (χ3n) is 2.69. The average Bonchev–Trinajstić information content (AvgIpc) is 2.94. The van der Waals surface area contributed by atoms with Gasteiger partial charge >= 0.3 is 0 Å². The number of rotatable bonds is 3. The third-order valence-corrected chi connectivity index (χ3v) is 2.69. The predicted octanol–water partition coefficient (Wildman–Crippen LogP) is 1.25. The van der Waals surface area contributed by atoms with Crippen molar-refractivity contribution in [1.82, 2.24) is 19.5 Å². The zero-order valence-electron chi connectivity index (χ0n) is 9.30.